The van der Waals surface area contributed by atoms with Crippen LogP contribution < -0.4 is 0 Å². The van der Waals surface area contributed by atoms with Gasteiger partial charge in [-0.05, 0) is 36.5 Å². The van der Waals surface area contributed by atoms with Crippen molar-refractivity contribution in [3.05, 3.63) is 0 Å². The molecule has 2 heteroatoms. The van der Waals surface area contributed by atoms with Gasteiger partial charge in [-0.1, -0.05) is 26.7 Å². The molecule has 0 saturated heterocycles. The van der Waals surface area contributed by atoms with Crippen LogP contribution in [-0.2, 0) is 9.59 Å². The standard InChI is InChI=1S/C16H22O2/c1-9(2)14(18)16-11-7-10-5-3-4-6-15(10,16)8-12(17)13(11)16/h9-11,13H,3-8H2,1-2H3/t10-,11?,13-,15?,16-/m1/s1. The molecule has 4 fully saturated rings. The molecule has 0 bridgehead atoms. The topological polar surface area (TPSA) is 34.1 Å². The van der Waals surface area contributed by atoms with Gasteiger partial charge in [-0.15, -0.1) is 0 Å². The smallest absolute Gasteiger partial charge is 0.143 e. The zero-order chi connectivity index (χ0) is 12.7. The molecule has 4 aliphatic carbocycles. The lowest BCUT2D eigenvalue weighted by molar-refractivity contribution is -0.133. The van der Waals surface area contributed by atoms with Gasteiger partial charge in [0.1, 0.15) is 11.6 Å². The second kappa shape index (κ2) is 3.08. The van der Waals surface area contributed by atoms with E-state index in [1.165, 1.54) is 25.7 Å². The summed E-state index contributed by atoms with van der Waals surface area (Å²) >= 11 is 0. The molecule has 0 heterocycles. The van der Waals surface area contributed by atoms with Gasteiger partial charge in [0.05, 0.1) is 0 Å². The van der Waals surface area contributed by atoms with E-state index in [9.17, 15) is 9.59 Å². The van der Waals surface area contributed by atoms with Crippen LogP contribution in [0.5, 0.6) is 0 Å². The van der Waals surface area contributed by atoms with Crippen molar-refractivity contribution in [2.75, 3.05) is 0 Å². The lowest BCUT2D eigenvalue weighted by Gasteiger charge is -2.43. The zero-order valence-corrected chi connectivity index (χ0v) is 11.4. The molecule has 0 aromatic carbocycles. The first-order valence-electron chi connectivity index (χ1n) is 7.63. The number of hydrogen-bond donors (Lipinski definition) is 0. The van der Waals surface area contributed by atoms with Crippen molar-refractivity contribution in [1.82, 2.24) is 0 Å². The Bertz CT molecular complexity index is 452. The van der Waals surface area contributed by atoms with Crippen LogP contribution >= 0.6 is 0 Å². The maximum absolute atomic E-state index is 12.8. The average molecular weight is 246 g/mol. The minimum atomic E-state index is -0.177. The lowest BCUT2D eigenvalue weighted by atomic mass is 9.59. The first kappa shape index (κ1) is 11.2. The Morgan fingerprint density at radius 3 is 2.83 bits per heavy atom. The minimum absolute atomic E-state index is 0.0981. The van der Waals surface area contributed by atoms with Gasteiger partial charge in [-0.2, -0.15) is 0 Å². The maximum Gasteiger partial charge on any atom is 0.143 e. The van der Waals surface area contributed by atoms with E-state index in [0.717, 1.165) is 12.8 Å². The third-order valence-electron chi connectivity index (χ3n) is 6.71. The summed E-state index contributed by atoms with van der Waals surface area (Å²) in [5.41, 5.74) is -0.0671. The van der Waals surface area contributed by atoms with E-state index < -0.39 is 0 Å². The number of carbonyl (C=O) groups excluding carboxylic acids is 2. The second-order valence-electron chi connectivity index (χ2n) is 7.45. The number of hydrogen-bond acceptors (Lipinski definition) is 2. The summed E-state index contributed by atoms with van der Waals surface area (Å²) in [5.74, 6) is 2.22. The van der Waals surface area contributed by atoms with Crippen LogP contribution in [0.15, 0.2) is 0 Å². The highest BCUT2D eigenvalue weighted by Gasteiger charge is 2.88. The van der Waals surface area contributed by atoms with Crippen molar-refractivity contribution in [3.8, 4) is 0 Å². The quantitative estimate of drug-likeness (QED) is 0.750. The van der Waals surface area contributed by atoms with Crippen molar-refractivity contribution in [1.29, 1.82) is 0 Å². The molecule has 4 saturated carbocycles. The van der Waals surface area contributed by atoms with E-state index in [1.54, 1.807) is 0 Å². The van der Waals surface area contributed by atoms with Gasteiger partial charge in [-0.3, -0.25) is 9.59 Å². The van der Waals surface area contributed by atoms with Crippen molar-refractivity contribution in [2.24, 2.45) is 34.5 Å². The molecule has 0 amide bonds. The van der Waals surface area contributed by atoms with Crippen molar-refractivity contribution >= 4 is 11.6 Å². The Morgan fingerprint density at radius 1 is 1.33 bits per heavy atom. The number of fused-ring (bicyclic) bond motifs is 1. The molecule has 4 rings (SSSR count). The first-order chi connectivity index (χ1) is 8.55. The summed E-state index contributed by atoms with van der Waals surface area (Å²) in [6.07, 6.45) is 6.87. The highest BCUT2D eigenvalue weighted by atomic mass is 16.1. The monoisotopic (exact) mass is 246 g/mol. The Balaban J connectivity index is 1.84. The fraction of sp³-hybridized carbons (Fsp3) is 0.875. The summed E-state index contributed by atoms with van der Waals surface area (Å²) in [7, 11) is 0. The predicted octanol–water partition coefficient (Wildman–Crippen LogP) is 3.00. The van der Waals surface area contributed by atoms with Crippen LogP contribution in [-0.4, -0.2) is 11.6 Å². The number of ketones is 2. The van der Waals surface area contributed by atoms with Crippen LogP contribution in [0.25, 0.3) is 0 Å². The van der Waals surface area contributed by atoms with Crippen LogP contribution in [0.2, 0.25) is 0 Å². The largest absolute Gasteiger partial charge is 0.299 e. The van der Waals surface area contributed by atoms with E-state index in [4.69, 9.17) is 0 Å². The molecule has 2 nitrogen and oxygen atoms in total. The Kier molecular flexibility index (Phi) is 1.91. The zero-order valence-electron chi connectivity index (χ0n) is 11.4. The molecule has 0 aliphatic heterocycles. The molecule has 1 spiro atoms. The first-order valence-corrected chi connectivity index (χ1v) is 7.63. The molecular formula is C16H22O2. The number of carbonyl (C=O) groups is 2. The second-order valence-corrected chi connectivity index (χ2v) is 7.45. The van der Waals surface area contributed by atoms with Gasteiger partial charge in [0, 0.05) is 23.7 Å². The molecule has 0 radical (unpaired) electrons. The van der Waals surface area contributed by atoms with Crippen LogP contribution in [0.3, 0.4) is 0 Å². The molecule has 5 atom stereocenters. The van der Waals surface area contributed by atoms with E-state index >= 15 is 0 Å². The summed E-state index contributed by atoms with van der Waals surface area (Å²) in [6.45, 7) is 4.03. The minimum Gasteiger partial charge on any atom is -0.299 e. The van der Waals surface area contributed by atoms with Gasteiger partial charge in [0.2, 0.25) is 0 Å². The predicted molar refractivity (Wildman–Crippen MR) is 67.9 cm³/mol. The summed E-state index contributed by atoms with van der Waals surface area (Å²) < 4.78 is 0. The Morgan fingerprint density at radius 2 is 2.11 bits per heavy atom. The van der Waals surface area contributed by atoms with Gasteiger partial charge >= 0.3 is 0 Å². The van der Waals surface area contributed by atoms with Crippen molar-refractivity contribution < 1.29 is 9.59 Å². The highest BCUT2D eigenvalue weighted by molar-refractivity contribution is 6.05. The van der Waals surface area contributed by atoms with Gasteiger partial charge < -0.3 is 0 Å². The molecule has 0 aromatic rings. The highest BCUT2D eigenvalue weighted by Crippen LogP contribution is 2.86. The number of rotatable bonds is 2. The Labute approximate surface area is 109 Å². The summed E-state index contributed by atoms with van der Waals surface area (Å²) in [6, 6.07) is 0. The van der Waals surface area contributed by atoms with E-state index in [1.807, 2.05) is 13.8 Å². The normalized spacial score (nSPS) is 52.4. The van der Waals surface area contributed by atoms with Crippen molar-refractivity contribution in [2.45, 2.75) is 52.4 Å². The molecule has 2 unspecified atom stereocenters. The van der Waals surface area contributed by atoms with Gasteiger partial charge in [0.25, 0.3) is 0 Å². The van der Waals surface area contributed by atoms with Gasteiger partial charge in [-0.25, -0.2) is 0 Å². The van der Waals surface area contributed by atoms with Crippen LogP contribution in [0.4, 0.5) is 0 Å². The SMILES string of the molecule is CC(C)C(=O)[C@]12C3C[C@H]4CCCCC41CC(=O)[C@@H]32. The fourth-order valence-electron chi connectivity index (χ4n) is 6.30. The van der Waals surface area contributed by atoms with E-state index in [-0.39, 0.29) is 22.7 Å². The van der Waals surface area contributed by atoms with Gasteiger partial charge in [0.15, 0.2) is 0 Å². The lowest BCUT2D eigenvalue weighted by Crippen LogP contribution is -2.42. The molecule has 98 valence electrons. The maximum atomic E-state index is 12.8. The molecule has 0 aromatic heterocycles. The van der Waals surface area contributed by atoms with E-state index in [0.29, 0.717) is 23.4 Å². The third kappa shape index (κ3) is 0.896. The molecule has 0 N–H and O–H groups in total. The molecule has 4 aliphatic rings. The average Bonchev–Trinajstić information content (AvgIpc) is 2.86. The molecule has 18 heavy (non-hydrogen) atoms. The number of Topliss-reactive ketones (excluding diaryl/α,β-unsaturated/α-hetero) is 2. The molecular weight excluding hydrogens is 224 g/mol. The fourth-order valence-corrected chi connectivity index (χ4v) is 6.30. The third-order valence-corrected chi connectivity index (χ3v) is 6.71. The van der Waals surface area contributed by atoms with E-state index in [2.05, 4.69) is 0 Å². The van der Waals surface area contributed by atoms with Crippen LogP contribution in [0, 0.1) is 34.5 Å². The summed E-state index contributed by atoms with van der Waals surface area (Å²) in [4.78, 5) is 25.1. The summed E-state index contributed by atoms with van der Waals surface area (Å²) in [5, 5.41) is 0. The van der Waals surface area contributed by atoms with Crippen molar-refractivity contribution in [3.63, 3.8) is 0 Å². The Hall–Kier alpha value is -0.660. The van der Waals surface area contributed by atoms with Crippen LogP contribution in [0.1, 0.15) is 52.4 Å².